The van der Waals surface area contributed by atoms with Crippen molar-refractivity contribution in [2.75, 3.05) is 31.0 Å². The third-order valence-corrected chi connectivity index (χ3v) is 6.71. The van der Waals surface area contributed by atoms with Crippen LogP contribution < -0.4 is 19.7 Å². The summed E-state index contributed by atoms with van der Waals surface area (Å²) in [5.41, 5.74) is 0.197. The van der Waals surface area contributed by atoms with Crippen molar-refractivity contribution in [3.8, 4) is 17.6 Å². The molecule has 3 aromatic carbocycles. The quantitative estimate of drug-likeness (QED) is 0.342. The molecule has 0 saturated carbocycles. The van der Waals surface area contributed by atoms with Gasteiger partial charge in [0.05, 0.1) is 38.2 Å². The number of carbonyl (C=O) groups is 2. The number of benzene rings is 3. The van der Waals surface area contributed by atoms with Crippen molar-refractivity contribution >= 4 is 23.2 Å². The van der Waals surface area contributed by atoms with E-state index in [4.69, 9.17) is 9.47 Å². The van der Waals surface area contributed by atoms with Crippen molar-refractivity contribution in [2.24, 2.45) is 0 Å². The Morgan fingerprint density at radius 3 is 2.39 bits per heavy atom. The third-order valence-electron chi connectivity index (χ3n) is 6.71. The molecule has 0 radical (unpaired) electrons. The van der Waals surface area contributed by atoms with E-state index in [-0.39, 0.29) is 40.4 Å². The van der Waals surface area contributed by atoms with Crippen LogP contribution in [0.1, 0.15) is 37.5 Å². The molecule has 9 nitrogen and oxygen atoms in total. The molecule has 1 aliphatic rings. The molecule has 0 spiro atoms. The number of fused-ring (bicyclic) bond motifs is 1. The molecule has 2 heterocycles. The third kappa shape index (κ3) is 4.93. The van der Waals surface area contributed by atoms with Crippen LogP contribution in [0.5, 0.6) is 11.5 Å². The van der Waals surface area contributed by atoms with E-state index in [9.17, 15) is 19.2 Å². The van der Waals surface area contributed by atoms with E-state index < -0.39 is 29.1 Å². The monoisotopic (exact) mass is 561 g/mol. The first-order chi connectivity index (χ1) is 19.7. The van der Waals surface area contributed by atoms with Crippen molar-refractivity contribution < 1.29 is 32.2 Å². The first-order valence-corrected chi connectivity index (χ1v) is 12.3. The highest BCUT2D eigenvalue weighted by Gasteiger charge is 2.36. The van der Waals surface area contributed by atoms with Gasteiger partial charge >= 0.3 is 0 Å². The zero-order chi connectivity index (χ0) is 29.3. The second-order valence-corrected chi connectivity index (χ2v) is 9.04. The maximum Gasteiger partial charge on any atom is 0.298 e. The number of nitrogens with one attached hydrogen (secondary N) is 1. The van der Waals surface area contributed by atoms with Crippen molar-refractivity contribution in [3.05, 3.63) is 101 Å². The number of amides is 2. The lowest BCUT2D eigenvalue weighted by molar-refractivity contribution is 0.0425. The largest absolute Gasteiger partial charge is 0.495 e. The molecule has 0 unspecified atom stereocenters. The molecule has 208 valence electrons. The highest BCUT2D eigenvalue weighted by atomic mass is 19.3. The van der Waals surface area contributed by atoms with Gasteiger partial charge in [0.25, 0.3) is 17.7 Å². The Morgan fingerprint density at radius 1 is 1.00 bits per heavy atom. The molecular weight excluding hydrogens is 539 g/mol. The number of aromatic nitrogens is 2. The number of rotatable bonds is 7. The minimum absolute atomic E-state index is 0.117. The van der Waals surface area contributed by atoms with Gasteiger partial charge in [-0.1, -0.05) is 12.1 Å². The fourth-order valence-corrected chi connectivity index (χ4v) is 4.55. The number of methoxy groups -OCH3 is 2. The fraction of sp³-hybridized carbons (Fsp3) is 0.172. The van der Waals surface area contributed by atoms with Crippen LogP contribution in [-0.4, -0.2) is 42.4 Å². The van der Waals surface area contributed by atoms with Crippen LogP contribution in [0.2, 0.25) is 0 Å². The Labute approximate surface area is 232 Å². The minimum atomic E-state index is -3.45. The van der Waals surface area contributed by atoms with Gasteiger partial charge in [-0.15, -0.1) is 0 Å². The maximum absolute atomic E-state index is 15.2. The lowest BCUT2D eigenvalue weighted by Crippen LogP contribution is -2.41. The number of nitriles is 1. The Morgan fingerprint density at radius 2 is 1.71 bits per heavy atom. The van der Waals surface area contributed by atoms with Crippen LogP contribution in [0.3, 0.4) is 0 Å². The van der Waals surface area contributed by atoms with Gasteiger partial charge < -0.3 is 19.7 Å². The lowest BCUT2D eigenvalue weighted by atomic mass is 9.99. The second kappa shape index (κ2) is 10.7. The van der Waals surface area contributed by atoms with Gasteiger partial charge in [-0.05, 0) is 48.5 Å². The summed E-state index contributed by atoms with van der Waals surface area (Å²) in [4.78, 5) is 27.8. The molecule has 1 aliphatic heterocycles. The summed E-state index contributed by atoms with van der Waals surface area (Å²) < 4.78 is 55.5. The maximum atomic E-state index is 15.2. The van der Waals surface area contributed by atoms with E-state index >= 15 is 8.78 Å². The first-order valence-electron chi connectivity index (χ1n) is 12.3. The van der Waals surface area contributed by atoms with Crippen LogP contribution in [0.15, 0.2) is 66.9 Å². The van der Waals surface area contributed by atoms with E-state index in [1.165, 1.54) is 72.5 Å². The van der Waals surface area contributed by atoms with E-state index in [2.05, 4.69) is 10.4 Å². The van der Waals surface area contributed by atoms with Gasteiger partial charge in [0.2, 0.25) is 0 Å². The number of halogens is 3. The van der Waals surface area contributed by atoms with E-state index in [0.29, 0.717) is 18.0 Å². The molecule has 0 saturated heterocycles. The number of ether oxygens (including phenoxy) is 2. The summed E-state index contributed by atoms with van der Waals surface area (Å²) in [5, 5.41) is 16.2. The summed E-state index contributed by atoms with van der Waals surface area (Å²) in [6.45, 7) is 0.515. The molecule has 0 bridgehead atoms. The molecule has 0 atom stereocenters. The number of anilines is 2. The number of alkyl halides is 2. The average Bonchev–Trinajstić information content (AvgIpc) is 3.40. The van der Waals surface area contributed by atoms with Crippen LogP contribution in [-0.2, 0) is 12.5 Å². The van der Waals surface area contributed by atoms with Gasteiger partial charge in [-0.3, -0.25) is 14.3 Å². The molecule has 5 rings (SSSR count). The Bertz CT molecular complexity index is 1700. The zero-order valence-corrected chi connectivity index (χ0v) is 21.8. The standard InChI is InChI=1S/C29H22F3N5O4/c1-40-24-10-3-17(13-18(24)15-33)27(38)35-23-16-34-37-12-11-36(28(39)26(23)37)21-7-4-19(5-8-21)29(31,32)20-6-9-22(30)25(14-20)41-2/h3-10,13-14,16H,11-12H2,1-2H3,(H,35,38). The summed E-state index contributed by atoms with van der Waals surface area (Å²) in [7, 11) is 2.60. The van der Waals surface area contributed by atoms with Crippen LogP contribution in [0.25, 0.3) is 0 Å². The summed E-state index contributed by atoms with van der Waals surface area (Å²) in [6.07, 6.45) is 1.35. The highest BCUT2D eigenvalue weighted by molar-refractivity contribution is 6.13. The average molecular weight is 562 g/mol. The van der Waals surface area contributed by atoms with Crippen molar-refractivity contribution in [3.63, 3.8) is 0 Å². The predicted molar refractivity (Wildman–Crippen MR) is 142 cm³/mol. The molecule has 41 heavy (non-hydrogen) atoms. The Balaban J connectivity index is 1.37. The first kappa shape index (κ1) is 27.3. The number of hydrogen-bond acceptors (Lipinski definition) is 6. The molecule has 4 aromatic rings. The molecule has 12 heteroatoms. The number of nitrogens with zero attached hydrogens (tertiary/aromatic N) is 4. The predicted octanol–water partition coefficient (Wildman–Crippen LogP) is 4.96. The normalized spacial score (nSPS) is 12.9. The minimum Gasteiger partial charge on any atom is -0.495 e. The van der Waals surface area contributed by atoms with Crippen molar-refractivity contribution in [2.45, 2.75) is 12.5 Å². The van der Waals surface area contributed by atoms with E-state index in [0.717, 1.165) is 18.2 Å². The van der Waals surface area contributed by atoms with Crippen molar-refractivity contribution in [1.82, 2.24) is 9.78 Å². The zero-order valence-electron chi connectivity index (χ0n) is 21.8. The lowest BCUT2D eigenvalue weighted by Gasteiger charge is -2.28. The molecule has 1 aromatic heterocycles. The summed E-state index contributed by atoms with van der Waals surface area (Å²) >= 11 is 0. The highest BCUT2D eigenvalue weighted by Crippen LogP contribution is 2.38. The molecule has 0 aliphatic carbocycles. The van der Waals surface area contributed by atoms with Crippen LogP contribution in [0.4, 0.5) is 24.5 Å². The molecule has 2 amide bonds. The van der Waals surface area contributed by atoms with E-state index in [1.807, 2.05) is 6.07 Å². The number of hydrogen-bond donors (Lipinski definition) is 1. The second-order valence-electron chi connectivity index (χ2n) is 9.04. The van der Waals surface area contributed by atoms with E-state index in [1.54, 1.807) is 0 Å². The molecule has 1 N–H and O–H groups in total. The van der Waals surface area contributed by atoms with Gasteiger partial charge in [-0.25, -0.2) is 4.39 Å². The SMILES string of the molecule is COc1cc(C(F)(F)c2ccc(N3CCn4ncc(NC(=O)c5ccc(OC)c(C#N)c5)c4C3=O)cc2)ccc1F. The van der Waals surface area contributed by atoms with Crippen LogP contribution in [0, 0.1) is 17.1 Å². The summed E-state index contributed by atoms with van der Waals surface area (Å²) in [6, 6.07) is 14.4. The Kier molecular flexibility index (Phi) is 7.11. The van der Waals surface area contributed by atoms with Gasteiger partial charge in [0.15, 0.2) is 11.6 Å². The summed E-state index contributed by atoms with van der Waals surface area (Å²) in [5.74, 6) is -5.23. The van der Waals surface area contributed by atoms with Crippen molar-refractivity contribution in [1.29, 1.82) is 5.26 Å². The smallest absolute Gasteiger partial charge is 0.298 e. The fourth-order valence-electron chi connectivity index (χ4n) is 4.55. The number of carbonyl (C=O) groups excluding carboxylic acids is 2. The van der Waals surface area contributed by atoms with Crippen LogP contribution >= 0.6 is 0 Å². The van der Waals surface area contributed by atoms with Gasteiger partial charge in [0.1, 0.15) is 17.5 Å². The Hall–Kier alpha value is -5.31. The molecule has 0 fully saturated rings. The van der Waals surface area contributed by atoms with Gasteiger partial charge in [0, 0.05) is 28.9 Å². The molecular formula is C29H22F3N5O4. The topological polar surface area (TPSA) is 109 Å². The van der Waals surface area contributed by atoms with Gasteiger partial charge in [-0.2, -0.15) is 19.1 Å².